The standard InChI is InChI=1S/C14H25N5/c1-14(2,3)11-15-13-9-12(10-16-17-13)19-7-5-18(4)6-8-19/h9-10H,5-8,11H2,1-4H3,(H,15,17). The van der Waals surface area contributed by atoms with Gasteiger partial charge in [0.05, 0.1) is 11.9 Å². The Balaban J connectivity index is 1.99. The van der Waals surface area contributed by atoms with Gasteiger partial charge in [-0.2, -0.15) is 5.10 Å². The number of rotatable bonds is 3. The molecule has 5 nitrogen and oxygen atoms in total. The Labute approximate surface area is 116 Å². The number of hydrogen-bond donors (Lipinski definition) is 1. The molecule has 0 bridgehead atoms. The minimum atomic E-state index is 0.242. The van der Waals surface area contributed by atoms with Gasteiger partial charge in [-0.25, -0.2) is 0 Å². The summed E-state index contributed by atoms with van der Waals surface area (Å²) in [5, 5.41) is 11.6. The van der Waals surface area contributed by atoms with E-state index in [-0.39, 0.29) is 5.41 Å². The lowest BCUT2D eigenvalue weighted by atomic mass is 9.97. The number of likely N-dealkylation sites (N-methyl/N-ethyl adjacent to an activating group) is 1. The Morgan fingerprint density at radius 1 is 1.21 bits per heavy atom. The molecule has 5 heteroatoms. The molecule has 0 saturated carbocycles. The Bertz CT molecular complexity index is 405. The lowest BCUT2D eigenvalue weighted by Gasteiger charge is -2.33. The van der Waals surface area contributed by atoms with Crippen molar-refractivity contribution in [2.45, 2.75) is 20.8 Å². The predicted molar refractivity (Wildman–Crippen MR) is 79.7 cm³/mol. The molecule has 0 unspecified atom stereocenters. The molecule has 19 heavy (non-hydrogen) atoms. The van der Waals surface area contributed by atoms with Crippen molar-refractivity contribution in [1.82, 2.24) is 15.1 Å². The van der Waals surface area contributed by atoms with E-state index in [2.05, 4.69) is 59.2 Å². The molecule has 1 saturated heterocycles. The van der Waals surface area contributed by atoms with Crippen molar-refractivity contribution >= 4 is 11.5 Å². The van der Waals surface area contributed by atoms with Gasteiger partial charge in [-0.3, -0.25) is 0 Å². The van der Waals surface area contributed by atoms with Crippen molar-refractivity contribution in [2.75, 3.05) is 50.0 Å². The Kier molecular flexibility index (Phi) is 4.24. The number of nitrogens with zero attached hydrogens (tertiary/aromatic N) is 4. The molecule has 0 radical (unpaired) electrons. The maximum atomic E-state index is 4.15. The summed E-state index contributed by atoms with van der Waals surface area (Å²) in [6.45, 7) is 11.8. The molecule has 1 aliphatic rings. The molecular formula is C14H25N5. The van der Waals surface area contributed by atoms with Crippen LogP contribution in [0.5, 0.6) is 0 Å². The molecule has 0 aliphatic carbocycles. The van der Waals surface area contributed by atoms with Gasteiger partial charge in [-0.1, -0.05) is 20.8 Å². The van der Waals surface area contributed by atoms with E-state index in [0.717, 1.165) is 38.5 Å². The summed E-state index contributed by atoms with van der Waals surface area (Å²) in [5.74, 6) is 0.867. The van der Waals surface area contributed by atoms with Crippen LogP contribution in [0.3, 0.4) is 0 Å². The molecule has 2 rings (SSSR count). The van der Waals surface area contributed by atoms with Crippen LogP contribution in [-0.2, 0) is 0 Å². The van der Waals surface area contributed by atoms with Gasteiger partial charge in [0, 0.05) is 38.8 Å². The van der Waals surface area contributed by atoms with Crippen LogP contribution in [-0.4, -0.2) is 54.9 Å². The lowest BCUT2D eigenvalue weighted by Crippen LogP contribution is -2.44. The van der Waals surface area contributed by atoms with E-state index in [9.17, 15) is 0 Å². The van der Waals surface area contributed by atoms with Crippen molar-refractivity contribution in [2.24, 2.45) is 5.41 Å². The Hall–Kier alpha value is -1.36. The first-order chi connectivity index (χ1) is 8.94. The largest absolute Gasteiger partial charge is 0.368 e. The maximum Gasteiger partial charge on any atom is 0.150 e. The molecule has 1 fully saturated rings. The molecule has 106 valence electrons. The molecule has 0 aromatic carbocycles. The number of anilines is 2. The van der Waals surface area contributed by atoms with Crippen LogP contribution >= 0.6 is 0 Å². The van der Waals surface area contributed by atoms with E-state index in [0.29, 0.717) is 0 Å². The highest BCUT2D eigenvalue weighted by Crippen LogP contribution is 2.19. The van der Waals surface area contributed by atoms with E-state index < -0.39 is 0 Å². The van der Waals surface area contributed by atoms with Crippen LogP contribution in [0.4, 0.5) is 11.5 Å². The summed E-state index contributed by atoms with van der Waals surface area (Å²) in [5.41, 5.74) is 1.41. The van der Waals surface area contributed by atoms with Crippen molar-refractivity contribution < 1.29 is 0 Å². The van der Waals surface area contributed by atoms with E-state index in [1.54, 1.807) is 0 Å². The zero-order chi connectivity index (χ0) is 13.9. The molecule has 1 aromatic heterocycles. The second kappa shape index (κ2) is 5.74. The second-order valence-electron chi connectivity index (χ2n) is 6.50. The van der Waals surface area contributed by atoms with Gasteiger partial charge in [0.15, 0.2) is 5.82 Å². The molecule has 1 aliphatic heterocycles. The van der Waals surface area contributed by atoms with Gasteiger partial charge in [-0.15, -0.1) is 5.10 Å². The zero-order valence-corrected chi connectivity index (χ0v) is 12.5. The van der Waals surface area contributed by atoms with Crippen LogP contribution in [0.1, 0.15) is 20.8 Å². The highest BCUT2D eigenvalue weighted by atomic mass is 15.3. The first kappa shape index (κ1) is 14.1. The minimum absolute atomic E-state index is 0.242. The first-order valence-corrected chi connectivity index (χ1v) is 6.94. The topological polar surface area (TPSA) is 44.3 Å². The molecule has 1 aromatic rings. The van der Waals surface area contributed by atoms with Gasteiger partial charge in [0.2, 0.25) is 0 Å². The van der Waals surface area contributed by atoms with E-state index >= 15 is 0 Å². The number of hydrogen-bond acceptors (Lipinski definition) is 5. The number of nitrogens with one attached hydrogen (secondary N) is 1. The summed E-state index contributed by atoms with van der Waals surface area (Å²) in [6, 6.07) is 2.10. The van der Waals surface area contributed by atoms with E-state index in [1.165, 1.54) is 5.69 Å². The SMILES string of the molecule is CN1CCN(c2cnnc(NCC(C)(C)C)c2)CC1. The van der Waals surface area contributed by atoms with Crippen LogP contribution in [0.25, 0.3) is 0 Å². The average Bonchev–Trinajstić information content (AvgIpc) is 2.37. The van der Waals surface area contributed by atoms with Crippen molar-refractivity contribution in [1.29, 1.82) is 0 Å². The smallest absolute Gasteiger partial charge is 0.150 e. The van der Waals surface area contributed by atoms with Gasteiger partial charge >= 0.3 is 0 Å². The van der Waals surface area contributed by atoms with Gasteiger partial charge < -0.3 is 15.1 Å². The van der Waals surface area contributed by atoms with Crippen LogP contribution in [0, 0.1) is 5.41 Å². The normalized spacial score (nSPS) is 17.6. The summed E-state index contributed by atoms with van der Waals surface area (Å²) >= 11 is 0. The lowest BCUT2D eigenvalue weighted by molar-refractivity contribution is 0.312. The quantitative estimate of drug-likeness (QED) is 0.899. The fourth-order valence-electron chi connectivity index (χ4n) is 2.04. The highest BCUT2D eigenvalue weighted by Gasteiger charge is 2.15. The molecular weight excluding hydrogens is 238 g/mol. The first-order valence-electron chi connectivity index (χ1n) is 6.94. The molecule has 1 N–H and O–H groups in total. The monoisotopic (exact) mass is 263 g/mol. The predicted octanol–water partition coefficient (Wildman–Crippen LogP) is 1.69. The average molecular weight is 263 g/mol. The summed E-state index contributed by atoms with van der Waals surface area (Å²) in [7, 11) is 2.17. The summed E-state index contributed by atoms with van der Waals surface area (Å²) in [6.07, 6.45) is 1.85. The summed E-state index contributed by atoms with van der Waals surface area (Å²) in [4.78, 5) is 4.72. The van der Waals surface area contributed by atoms with Crippen LogP contribution < -0.4 is 10.2 Å². The zero-order valence-electron chi connectivity index (χ0n) is 12.5. The van der Waals surface area contributed by atoms with E-state index in [1.807, 2.05) is 6.20 Å². The summed E-state index contributed by atoms with van der Waals surface area (Å²) < 4.78 is 0. The third kappa shape index (κ3) is 4.35. The van der Waals surface area contributed by atoms with Gasteiger partial charge in [0.25, 0.3) is 0 Å². The molecule has 0 amide bonds. The molecule has 0 atom stereocenters. The molecule has 0 spiro atoms. The second-order valence-corrected chi connectivity index (χ2v) is 6.50. The highest BCUT2D eigenvalue weighted by molar-refractivity contribution is 5.52. The van der Waals surface area contributed by atoms with Crippen molar-refractivity contribution in [3.8, 4) is 0 Å². The fraction of sp³-hybridized carbons (Fsp3) is 0.714. The number of aromatic nitrogens is 2. The maximum absolute atomic E-state index is 4.15. The van der Waals surface area contributed by atoms with Gasteiger partial charge in [-0.05, 0) is 12.5 Å². The van der Waals surface area contributed by atoms with Crippen molar-refractivity contribution in [3.63, 3.8) is 0 Å². The van der Waals surface area contributed by atoms with Gasteiger partial charge in [0.1, 0.15) is 0 Å². The Morgan fingerprint density at radius 3 is 2.53 bits per heavy atom. The Morgan fingerprint density at radius 2 is 1.89 bits per heavy atom. The van der Waals surface area contributed by atoms with Crippen molar-refractivity contribution in [3.05, 3.63) is 12.3 Å². The van der Waals surface area contributed by atoms with Crippen LogP contribution in [0.2, 0.25) is 0 Å². The van der Waals surface area contributed by atoms with E-state index in [4.69, 9.17) is 0 Å². The molecule has 2 heterocycles. The third-order valence-corrected chi connectivity index (χ3v) is 3.31. The van der Waals surface area contributed by atoms with Crippen LogP contribution in [0.15, 0.2) is 12.3 Å². The number of piperazine rings is 1. The fourth-order valence-corrected chi connectivity index (χ4v) is 2.04. The minimum Gasteiger partial charge on any atom is -0.368 e. The third-order valence-electron chi connectivity index (χ3n) is 3.31.